The Morgan fingerprint density at radius 1 is 1.32 bits per heavy atom. The molecule has 0 aliphatic rings. The summed E-state index contributed by atoms with van der Waals surface area (Å²) in [6, 6.07) is 5.70. The maximum Gasteiger partial charge on any atom is 0.233 e. The van der Waals surface area contributed by atoms with Crippen LogP contribution in [0.5, 0.6) is 11.5 Å². The molecule has 2 rings (SSSR count). The molecule has 2 N–H and O–H groups in total. The standard InChI is InChI=1S/C15H19N3O3S/c1-16-13(19)8-17-7-10-9-22-15(18-10)11-5-4-6-12(20-2)14(11)21-3/h4-6,9,17H,7-8H2,1-3H3,(H,16,19). The first-order valence-electron chi connectivity index (χ1n) is 6.76. The molecule has 1 aromatic heterocycles. The first-order valence-corrected chi connectivity index (χ1v) is 7.64. The van der Waals surface area contributed by atoms with Crippen molar-refractivity contribution in [3.05, 3.63) is 29.3 Å². The van der Waals surface area contributed by atoms with Gasteiger partial charge in [-0.3, -0.25) is 4.79 Å². The lowest BCUT2D eigenvalue weighted by molar-refractivity contribution is -0.119. The number of amides is 1. The van der Waals surface area contributed by atoms with Crippen molar-refractivity contribution in [2.45, 2.75) is 6.54 Å². The Balaban J connectivity index is 2.13. The summed E-state index contributed by atoms with van der Waals surface area (Å²) >= 11 is 1.53. The topological polar surface area (TPSA) is 72.5 Å². The van der Waals surface area contributed by atoms with E-state index in [1.54, 1.807) is 21.3 Å². The van der Waals surface area contributed by atoms with Crippen molar-refractivity contribution in [1.29, 1.82) is 0 Å². The summed E-state index contributed by atoms with van der Waals surface area (Å²) in [4.78, 5) is 15.7. The summed E-state index contributed by atoms with van der Waals surface area (Å²) in [5.41, 5.74) is 1.78. The third-order valence-electron chi connectivity index (χ3n) is 3.06. The number of nitrogens with zero attached hydrogens (tertiary/aromatic N) is 1. The maximum absolute atomic E-state index is 11.2. The van der Waals surface area contributed by atoms with E-state index in [-0.39, 0.29) is 12.5 Å². The van der Waals surface area contributed by atoms with Gasteiger partial charge in [0.25, 0.3) is 0 Å². The van der Waals surface area contributed by atoms with Crippen LogP contribution < -0.4 is 20.1 Å². The molecule has 0 bridgehead atoms. The highest BCUT2D eigenvalue weighted by atomic mass is 32.1. The Morgan fingerprint density at radius 3 is 2.82 bits per heavy atom. The van der Waals surface area contributed by atoms with Gasteiger partial charge in [-0.15, -0.1) is 11.3 Å². The monoisotopic (exact) mass is 321 g/mol. The van der Waals surface area contributed by atoms with E-state index in [2.05, 4.69) is 15.6 Å². The van der Waals surface area contributed by atoms with E-state index in [1.165, 1.54) is 11.3 Å². The molecule has 0 fully saturated rings. The number of methoxy groups -OCH3 is 2. The SMILES string of the molecule is CNC(=O)CNCc1csc(-c2cccc(OC)c2OC)n1. The average Bonchev–Trinajstić information content (AvgIpc) is 3.02. The highest BCUT2D eigenvalue weighted by molar-refractivity contribution is 7.13. The van der Waals surface area contributed by atoms with Crippen molar-refractivity contribution in [3.8, 4) is 22.1 Å². The minimum atomic E-state index is -0.0510. The van der Waals surface area contributed by atoms with Crippen molar-refractivity contribution < 1.29 is 14.3 Å². The molecular formula is C15H19N3O3S. The molecule has 1 heterocycles. The number of nitrogens with one attached hydrogen (secondary N) is 2. The highest BCUT2D eigenvalue weighted by Gasteiger charge is 2.14. The summed E-state index contributed by atoms with van der Waals surface area (Å²) in [5, 5.41) is 8.42. The van der Waals surface area contributed by atoms with Gasteiger partial charge in [-0.1, -0.05) is 6.07 Å². The van der Waals surface area contributed by atoms with Crippen LogP contribution in [0.1, 0.15) is 5.69 Å². The number of ether oxygens (including phenoxy) is 2. The van der Waals surface area contributed by atoms with Crippen LogP contribution in [0.3, 0.4) is 0 Å². The smallest absolute Gasteiger partial charge is 0.233 e. The van der Waals surface area contributed by atoms with Gasteiger partial charge < -0.3 is 20.1 Å². The normalized spacial score (nSPS) is 10.3. The summed E-state index contributed by atoms with van der Waals surface area (Å²) in [6.45, 7) is 0.808. The fourth-order valence-corrected chi connectivity index (χ4v) is 2.80. The van der Waals surface area contributed by atoms with Crippen LogP contribution in [-0.4, -0.2) is 38.7 Å². The zero-order valence-electron chi connectivity index (χ0n) is 12.8. The number of aromatic nitrogens is 1. The van der Waals surface area contributed by atoms with E-state index in [9.17, 15) is 4.79 Å². The van der Waals surface area contributed by atoms with Gasteiger partial charge in [-0.25, -0.2) is 4.98 Å². The second-order valence-electron chi connectivity index (χ2n) is 4.46. The molecule has 7 heteroatoms. The molecule has 6 nitrogen and oxygen atoms in total. The molecule has 118 valence electrons. The van der Waals surface area contributed by atoms with E-state index in [1.807, 2.05) is 23.6 Å². The van der Waals surface area contributed by atoms with Crippen LogP contribution in [0, 0.1) is 0 Å². The molecule has 1 amide bonds. The van der Waals surface area contributed by atoms with Gasteiger partial charge in [0.05, 0.1) is 32.0 Å². The Kier molecular flexibility index (Phi) is 5.74. The largest absolute Gasteiger partial charge is 0.493 e. The molecule has 0 aliphatic heterocycles. The van der Waals surface area contributed by atoms with Crippen LogP contribution in [0.2, 0.25) is 0 Å². The molecule has 1 aromatic carbocycles. The minimum absolute atomic E-state index is 0.0510. The number of carbonyl (C=O) groups is 1. The highest BCUT2D eigenvalue weighted by Crippen LogP contribution is 2.38. The molecule has 0 saturated heterocycles. The zero-order valence-corrected chi connectivity index (χ0v) is 13.6. The Morgan fingerprint density at radius 2 is 2.14 bits per heavy atom. The van der Waals surface area contributed by atoms with E-state index >= 15 is 0 Å². The number of rotatable bonds is 7. The molecule has 2 aromatic rings. The molecule has 0 saturated carbocycles. The molecule has 0 spiro atoms. The van der Waals surface area contributed by atoms with E-state index in [0.717, 1.165) is 16.3 Å². The van der Waals surface area contributed by atoms with Crippen molar-refractivity contribution in [3.63, 3.8) is 0 Å². The van der Waals surface area contributed by atoms with E-state index < -0.39 is 0 Å². The first kappa shape index (κ1) is 16.3. The number of benzene rings is 1. The lowest BCUT2D eigenvalue weighted by atomic mass is 10.2. The van der Waals surface area contributed by atoms with E-state index in [0.29, 0.717) is 18.0 Å². The number of hydrogen-bond acceptors (Lipinski definition) is 6. The van der Waals surface area contributed by atoms with Crippen molar-refractivity contribution in [1.82, 2.24) is 15.6 Å². The summed E-state index contributed by atoms with van der Waals surface area (Å²) in [6.07, 6.45) is 0. The van der Waals surface area contributed by atoms with Gasteiger partial charge in [-0.05, 0) is 12.1 Å². The van der Waals surface area contributed by atoms with Gasteiger partial charge in [0.1, 0.15) is 5.01 Å². The lowest BCUT2D eigenvalue weighted by Gasteiger charge is -2.10. The van der Waals surface area contributed by atoms with E-state index in [4.69, 9.17) is 9.47 Å². The van der Waals surface area contributed by atoms with Crippen LogP contribution in [-0.2, 0) is 11.3 Å². The third kappa shape index (κ3) is 3.75. The number of hydrogen-bond donors (Lipinski definition) is 2. The molecule has 0 atom stereocenters. The van der Waals surface area contributed by atoms with Gasteiger partial charge in [-0.2, -0.15) is 0 Å². The molecule has 0 unspecified atom stereocenters. The van der Waals surface area contributed by atoms with Crippen LogP contribution in [0.25, 0.3) is 10.6 Å². The minimum Gasteiger partial charge on any atom is -0.493 e. The molecule has 0 radical (unpaired) electrons. The van der Waals surface area contributed by atoms with Crippen LogP contribution >= 0.6 is 11.3 Å². The number of likely N-dealkylation sites (N-methyl/N-ethyl adjacent to an activating group) is 1. The number of thiazole rings is 1. The molecule has 0 aliphatic carbocycles. The maximum atomic E-state index is 11.2. The number of carbonyl (C=O) groups excluding carboxylic acids is 1. The van der Waals surface area contributed by atoms with Gasteiger partial charge >= 0.3 is 0 Å². The first-order chi connectivity index (χ1) is 10.7. The predicted octanol–water partition coefficient (Wildman–Crippen LogP) is 1.66. The van der Waals surface area contributed by atoms with Crippen molar-refractivity contribution >= 4 is 17.2 Å². The number of para-hydroxylation sites is 1. The second kappa shape index (κ2) is 7.77. The fraction of sp³-hybridized carbons (Fsp3) is 0.333. The predicted molar refractivity (Wildman–Crippen MR) is 86.4 cm³/mol. The van der Waals surface area contributed by atoms with Crippen LogP contribution in [0.4, 0.5) is 0 Å². The van der Waals surface area contributed by atoms with Crippen LogP contribution in [0.15, 0.2) is 23.6 Å². The van der Waals surface area contributed by atoms with Crippen molar-refractivity contribution in [2.75, 3.05) is 27.8 Å². The summed E-state index contributed by atoms with van der Waals surface area (Å²) in [5.74, 6) is 1.30. The van der Waals surface area contributed by atoms with Gasteiger partial charge in [0.2, 0.25) is 5.91 Å². The fourth-order valence-electron chi connectivity index (χ4n) is 1.96. The summed E-state index contributed by atoms with van der Waals surface area (Å²) < 4.78 is 10.7. The van der Waals surface area contributed by atoms with Gasteiger partial charge in [0.15, 0.2) is 11.5 Å². The zero-order chi connectivity index (χ0) is 15.9. The third-order valence-corrected chi connectivity index (χ3v) is 3.98. The Bertz CT molecular complexity index is 643. The quantitative estimate of drug-likeness (QED) is 0.811. The van der Waals surface area contributed by atoms with Crippen molar-refractivity contribution in [2.24, 2.45) is 0 Å². The Hall–Kier alpha value is -2.12. The Labute approximate surface area is 133 Å². The summed E-state index contributed by atoms with van der Waals surface area (Å²) in [7, 11) is 4.83. The molecular weight excluding hydrogens is 302 g/mol. The second-order valence-corrected chi connectivity index (χ2v) is 5.32. The molecule has 22 heavy (non-hydrogen) atoms. The lowest BCUT2D eigenvalue weighted by Crippen LogP contribution is -2.31. The average molecular weight is 321 g/mol. The van der Waals surface area contributed by atoms with Gasteiger partial charge in [0, 0.05) is 19.0 Å².